The second-order valence-electron chi connectivity index (χ2n) is 10.8. The summed E-state index contributed by atoms with van der Waals surface area (Å²) in [6, 6.07) is 17.2. The molecule has 5 rings (SSSR count). The molecule has 2 amide bonds. The molecule has 1 saturated carbocycles. The third-order valence-corrected chi connectivity index (χ3v) is 8.30. The number of nitrogens with zero attached hydrogens (tertiary/aromatic N) is 1. The number of nitrogens with one attached hydrogen (secondary N) is 2. The van der Waals surface area contributed by atoms with Crippen LogP contribution in [0.1, 0.15) is 60.2 Å². The molecule has 3 aromatic carbocycles. The summed E-state index contributed by atoms with van der Waals surface area (Å²) in [5.41, 5.74) is 4.63. The van der Waals surface area contributed by atoms with Crippen LogP contribution >= 0.6 is 0 Å². The van der Waals surface area contributed by atoms with E-state index >= 15 is 0 Å². The van der Waals surface area contributed by atoms with Crippen molar-refractivity contribution in [3.63, 3.8) is 0 Å². The lowest BCUT2D eigenvalue weighted by Gasteiger charge is -2.27. The fourth-order valence-electron chi connectivity index (χ4n) is 5.92. The second-order valence-corrected chi connectivity index (χ2v) is 10.8. The Bertz CT molecular complexity index is 1580. The van der Waals surface area contributed by atoms with Gasteiger partial charge in [0.05, 0.1) is 11.7 Å². The fourth-order valence-corrected chi connectivity index (χ4v) is 5.92. The van der Waals surface area contributed by atoms with Crippen LogP contribution in [0, 0.1) is 11.7 Å². The molecular weight excluding hydrogens is 533 g/mol. The molecule has 1 fully saturated rings. The lowest BCUT2D eigenvalue weighted by molar-refractivity contribution is 0.0662. The Hall–Kier alpha value is -4.17. The predicted octanol–water partition coefficient (Wildman–Crippen LogP) is 6.39. The molecule has 220 valence electrons. The number of furan rings is 1. The maximum Gasteiger partial charge on any atom is 0.255 e. The third-order valence-electron chi connectivity index (χ3n) is 8.30. The van der Waals surface area contributed by atoms with Crippen molar-refractivity contribution in [2.45, 2.75) is 45.6 Å². The summed E-state index contributed by atoms with van der Waals surface area (Å²) in [5.74, 6) is -0.436. The molecule has 0 radical (unpaired) electrons. The van der Waals surface area contributed by atoms with Crippen LogP contribution in [-0.4, -0.2) is 49.7 Å². The Morgan fingerprint density at radius 3 is 2.40 bits per heavy atom. The first-order valence-corrected chi connectivity index (χ1v) is 14.7. The Balaban J connectivity index is 1.59. The Morgan fingerprint density at radius 2 is 1.71 bits per heavy atom. The topological polar surface area (TPSA) is 94.8 Å². The number of hydrogen-bond acceptors (Lipinski definition) is 5. The summed E-state index contributed by atoms with van der Waals surface area (Å²) in [6.45, 7) is 6.07. The number of carbonyl (C=O) groups excluding carboxylic acids is 2. The molecule has 3 N–H and O–H groups in total. The van der Waals surface area contributed by atoms with Crippen molar-refractivity contribution < 1.29 is 23.5 Å². The zero-order chi connectivity index (χ0) is 29.8. The number of fused-ring (bicyclic) bond motifs is 1. The minimum Gasteiger partial charge on any atom is -0.455 e. The van der Waals surface area contributed by atoms with Crippen molar-refractivity contribution in [1.82, 2.24) is 10.6 Å². The van der Waals surface area contributed by atoms with Gasteiger partial charge in [0.25, 0.3) is 11.8 Å². The summed E-state index contributed by atoms with van der Waals surface area (Å²) >= 11 is 0. The van der Waals surface area contributed by atoms with Crippen LogP contribution in [0.5, 0.6) is 0 Å². The summed E-state index contributed by atoms with van der Waals surface area (Å²) in [7, 11) is 1.56. The van der Waals surface area contributed by atoms with Crippen LogP contribution in [-0.2, 0) is 0 Å². The van der Waals surface area contributed by atoms with Crippen molar-refractivity contribution in [2.24, 2.45) is 5.92 Å². The van der Waals surface area contributed by atoms with Gasteiger partial charge in [0.2, 0.25) is 0 Å². The number of aliphatic hydroxyl groups excluding tert-OH is 1. The number of anilines is 1. The Labute approximate surface area is 245 Å². The highest BCUT2D eigenvalue weighted by molar-refractivity contribution is 6.13. The van der Waals surface area contributed by atoms with Gasteiger partial charge in [-0.05, 0) is 74.7 Å². The summed E-state index contributed by atoms with van der Waals surface area (Å²) in [6.07, 6.45) is 3.40. The third kappa shape index (κ3) is 5.90. The van der Waals surface area contributed by atoms with Gasteiger partial charge in [-0.1, -0.05) is 25.0 Å². The average Bonchev–Trinajstić information content (AvgIpc) is 3.39. The van der Waals surface area contributed by atoms with Crippen LogP contribution in [0.3, 0.4) is 0 Å². The van der Waals surface area contributed by atoms with E-state index in [0.717, 1.165) is 55.6 Å². The van der Waals surface area contributed by atoms with Crippen LogP contribution in [0.25, 0.3) is 33.4 Å². The van der Waals surface area contributed by atoms with E-state index in [1.807, 2.05) is 30.3 Å². The highest BCUT2D eigenvalue weighted by Crippen LogP contribution is 2.41. The van der Waals surface area contributed by atoms with E-state index in [2.05, 4.69) is 29.4 Å². The van der Waals surface area contributed by atoms with E-state index in [-0.39, 0.29) is 29.7 Å². The van der Waals surface area contributed by atoms with Crippen LogP contribution < -0.4 is 15.5 Å². The van der Waals surface area contributed by atoms with Gasteiger partial charge in [0, 0.05) is 66.4 Å². The maximum atomic E-state index is 13.7. The summed E-state index contributed by atoms with van der Waals surface area (Å²) < 4.78 is 20.0. The molecule has 2 unspecified atom stereocenters. The Kier molecular flexibility index (Phi) is 8.92. The molecule has 0 saturated heterocycles. The number of carbonyl (C=O) groups is 2. The van der Waals surface area contributed by atoms with Crippen LogP contribution in [0.4, 0.5) is 10.1 Å². The van der Waals surface area contributed by atoms with Crippen molar-refractivity contribution in [3.8, 4) is 22.5 Å². The smallest absolute Gasteiger partial charge is 0.255 e. The standard InChI is InChI=1S/C34H38FN3O4/c1-4-38(5-2)28-19-30-27(31(34(41)36-3)32(42-30)21-13-15-25(35)16-14-21)18-26(28)22-10-8-11-23(17-22)33(40)37-20-24-9-6-7-12-29(24)39/h8,10-11,13-19,24,29,39H,4-7,9,12,20H2,1-3H3,(H,36,41)(H,37,40). The second kappa shape index (κ2) is 12.8. The molecule has 0 aliphatic heterocycles. The van der Waals surface area contributed by atoms with E-state index in [4.69, 9.17) is 4.42 Å². The summed E-state index contributed by atoms with van der Waals surface area (Å²) in [5, 5.41) is 16.7. The molecule has 0 bridgehead atoms. The lowest BCUT2D eigenvalue weighted by Crippen LogP contribution is -2.36. The molecule has 1 aliphatic rings. The van der Waals surface area contributed by atoms with E-state index in [1.165, 1.54) is 12.1 Å². The highest BCUT2D eigenvalue weighted by atomic mass is 19.1. The Morgan fingerprint density at radius 1 is 0.976 bits per heavy atom. The molecule has 2 atom stereocenters. The zero-order valence-electron chi connectivity index (χ0n) is 24.4. The number of halogens is 1. The molecular formula is C34H38FN3O4. The molecule has 0 spiro atoms. The van der Waals surface area contributed by atoms with Gasteiger partial charge in [-0.15, -0.1) is 0 Å². The fraction of sp³-hybridized carbons (Fsp3) is 0.353. The maximum absolute atomic E-state index is 13.7. The number of aliphatic hydroxyl groups is 1. The van der Waals surface area contributed by atoms with Gasteiger partial charge in [-0.25, -0.2) is 4.39 Å². The first-order valence-electron chi connectivity index (χ1n) is 14.7. The number of amides is 2. The van der Waals surface area contributed by atoms with Crippen LogP contribution in [0.2, 0.25) is 0 Å². The van der Waals surface area contributed by atoms with Crippen molar-refractivity contribution in [1.29, 1.82) is 0 Å². The summed E-state index contributed by atoms with van der Waals surface area (Å²) in [4.78, 5) is 28.6. The van der Waals surface area contributed by atoms with Gasteiger partial charge in [0.15, 0.2) is 0 Å². The minimum atomic E-state index is -0.377. The molecule has 8 heteroatoms. The minimum absolute atomic E-state index is 0.0714. The molecule has 4 aromatic rings. The SMILES string of the molecule is CCN(CC)c1cc2oc(-c3ccc(F)cc3)c(C(=O)NC)c2cc1-c1cccc(C(=O)NCC2CCCCC2O)c1. The first-order chi connectivity index (χ1) is 20.3. The van der Waals surface area contributed by atoms with Gasteiger partial charge in [0.1, 0.15) is 17.2 Å². The van der Waals surface area contributed by atoms with Gasteiger partial charge >= 0.3 is 0 Å². The predicted molar refractivity (Wildman–Crippen MR) is 164 cm³/mol. The molecule has 1 heterocycles. The molecule has 1 aromatic heterocycles. The largest absolute Gasteiger partial charge is 0.455 e. The van der Waals surface area contributed by atoms with Gasteiger partial charge in [-0.3, -0.25) is 9.59 Å². The van der Waals surface area contributed by atoms with Gasteiger partial charge < -0.3 is 25.1 Å². The number of rotatable bonds is 9. The number of benzene rings is 3. The number of hydrogen-bond donors (Lipinski definition) is 3. The van der Waals surface area contributed by atoms with Crippen molar-refractivity contribution in [2.75, 3.05) is 31.6 Å². The van der Waals surface area contributed by atoms with E-state index in [1.54, 1.807) is 25.2 Å². The average molecular weight is 572 g/mol. The highest BCUT2D eigenvalue weighted by Gasteiger charge is 2.26. The molecule has 1 aliphatic carbocycles. The monoisotopic (exact) mass is 571 g/mol. The normalized spacial score (nSPS) is 16.8. The van der Waals surface area contributed by atoms with E-state index in [0.29, 0.717) is 40.0 Å². The zero-order valence-corrected chi connectivity index (χ0v) is 24.4. The first kappa shape index (κ1) is 29.3. The van der Waals surface area contributed by atoms with Gasteiger partial charge in [-0.2, -0.15) is 0 Å². The van der Waals surface area contributed by atoms with Crippen molar-refractivity contribution >= 4 is 28.5 Å². The quantitative estimate of drug-likeness (QED) is 0.216. The lowest BCUT2D eigenvalue weighted by atomic mass is 9.86. The molecule has 42 heavy (non-hydrogen) atoms. The molecule has 7 nitrogen and oxygen atoms in total. The van der Waals surface area contributed by atoms with Crippen molar-refractivity contribution in [3.05, 3.63) is 77.6 Å². The van der Waals surface area contributed by atoms with E-state index < -0.39 is 0 Å². The van der Waals surface area contributed by atoms with E-state index in [9.17, 15) is 19.1 Å². The van der Waals surface area contributed by atoms with Crippen LogP contribution in [0.15, 0.2) is 65.1 Å².